The maximum Gasteiger partial charge on any atom is 0.411 e. The Bertz CT molecular complexity index is 130. The lowest BCUT2D eigenvalue weighted by Gasteiger charge is -2.25. The number of alkyl halides is 3. The van der Waals surface area contributed by atoms with Gasteiger partial charge >= 0.3 is 6.18 Å². The van der Waals surface area contributed by atoms with Gasteiger partial charge in [-0.2, -0.15) is 13.2 Å². The number of hydrogen-bond donors (Lipinski definition) is 2. The van der Waals surface area contributed by atoms with E-state index < -0.39 is 31.6 Å². The van der Waals surface area contributed by atoms with Crippen LogP contribution in [0.25, 0.3) is 0 Å². The molecule has 0 aromatic heterocycles. The first kappa shape index (κ1) is 11.7. The largest absolute Gasteiger partial charge is 0.411 e. The van der Waals surface area contributed by atoms with Crippen LogP contribution in [-0.2, 0) is 4.74 Å². The summed E-state index contributed by atoms with van der Waals surface area (Å²) >= 11 is 0. The number of aliphatic hydroxyl groups excluding tert-OH is 2. The van der Waals surface area contributed by atoms with E-state index in [0.717, 1.165) is 0 Å². The predicted octanol–water partition coefficient (Wildman–Crippen LogP) is 0.309. The van der Waals surface area contributed by atoms with Gasteiger partial charge in [0.2, 0.25) is 0 Å². The lowest BCUT2D eigenvalue weighted by atomic mass is 10.1. The third-order valence-corrected chi connectivity index (χ3v) is 1.25. The third-order valence-electron chi connectivity index (χ3n) is 1.25. The van der Waals surface area contributed by atoms with Gasteiger partial charge in [-0.25, -0.2) is 0 Å². The van der Waals surface area contributed by atoms with E-state index in [1.807, 2.05) is 0 Å². The number of rotatable bonds is 4. The van der Waals surface area contributed by atoms with Crippen molar-refractivity contribution in [3.8, 4) is 0 Å². The van der Waals surface area contributed by atoms with Gasteiger partial charge in [0, 0.05) is 0 Å². The van der Waals surface area contributed by atoms with Crippen molar-refractivity contribution >= 4 is 0 Å². The van der Waals surface area contributed by atoms with E-state index in [1.165, 1.54) is 6.92 Å². The van der Waals surface area contributed by atoms with Crippen molar-refractivity contribution < 1.29 is 28.1 Å². The van der Waals surface area contributed by atoms with Crippen molar-refractivity contribution in [2.45, 2.75) is 18.7 Å². The Morgan fingerprint density at radius 3 is 1.83 bits per heavy atom. The van der Waals surface area contributed by atoms with Crippen LogP contribution >= 0.6 is 0 Å². The molecule has 0 saturated carbocycles. The summed E-state index contributed by atoms with van der Waals surface area (Å²) in [5.74, 6) is 0. The van der Waals surface area contributed by atoms with E-state index in [2.05, 4.69) is 4.74 Å². The minimum atomic E-state index is -4.44. The number of ether oxygens (including phenoxy) is 1. The number of aliphatic hydroxyl groups is 2. The van der Waals surface area contributed by atoms with Crippen LogP contribution in [0, 0.1) is 0 Å². The minimum Gasteiger partial charge on any atom is -0.393 e. The fraction of sp³-hybridized carbons (Fsp3) is 1.00. The molecule has 0 saturated heterocycles. The Labute approximate surface area is 67.8 Å². The average molecular weight is 188 g/mol. The molecule has 0 aromatic carbocycles. The summed E-state index contributed by atoms with van der Waals surface area (Å²) in [6.07, 6.45) is -4.44. The molecule has 0 aliphatic carbocycles. The lowest BCUT2D eigenvalue weighted by Crippen LogP contribution is -2.40. The monoisotopic (exact) mass is 188 g/mol. The van der Waals surface area contributed by atoms with E-state index in [1.54, 1.807) is 0 Å². The summed E-state index contributed by atoms with van der Waals surface area (Å²) in [5, 5.41) is 17.1. The van der Waals surface area contributed by atoms with Crippen LogP contribution in [0.5, 0.6) is 0 Å². The molecule has 12 heavy (non-hydrogen) atoms. The summed E-state index contributed by atoms with van der Waals surface area (Å²) in [6, 6.07) is 0. The summed E-state index contributed by atoms with van der Waals surface area (Å²) in [7, 11) is 0. The molecule has 0 rings (SSSR count). The highest BCUT2D eigenvalue weighted by molar-refractivity contribution is 4.72. The molecular formula is C6H11F3O3. The first-order valence-corrected chi connectivity index (χ1v) is 3.25. The molecule has 0 amide bonds. The van der Waals surface area contributed by atoms with Gasteiger partial charge in [0.25, 0.3) is 0 Å². The minimum absolute atomic E-state index is 0.653. The van der Waals surface area contributed by atoms with Gasteiger partial charge in [-0.3, -0.25) is 0 Å². The van der Waals surface area contributed by atoms with Gasteiger partial charge in [-0.05, 0) is 6.92 Å². The summed E-state index contributed by atoms with van der Waals surface area (Å²) in [6.45, 7) is -1.58. The van der Waals surface area contributed by atoms with Crippen LogP contribution in [0.15, 0.2) is 0 Å². The van der Waals surface area contributed by atoms with Crippen LogP contribution < -0.4 is 0 Å². The van der Waals surface area contributed by atoms with Crippen molar-refractivity contribution in [2.75, 3.05) is 19.8 Å². The summed E-state index contributed by atoms with van der Waals surface area (Å²) < 4.78 is 39.0. The zero-order chi connectivity index (χ0) is 9.83. The molecule has 0 spiro atoms. The molecule has 0 heterocycles. The van der Waals surface area contributed by atoms with Crippen molar-refractivity contribution in [3.05, 3.63) is 0 Å². The fourth-order valence-electron chi connectivity index (χ4n) is 0.397. The molecular weight excluding hydrogens is 177 g/mol. The molecule has 0 unspecified atom stereocenters. The van der Waals surface area contributed by atoms with E-state index in [4.69, 9.17) is 10.2 Å². The van der Waals surface area contributed by atoms with E-state index >= 15 is 0 Å². The highest BCUT2D eigenvalue weighted by atomic mass is 19.4. The van der Waals surface area contributed by atoms with Crippen molar-refractivity contribution in [2.24, 2.45) is 0 Å². The van der Waals surface area contributed by atoms with Crippen LogP contribution in [0.4, 0.5) is 13.2 Å². The maximum absolute atomic E-state index is 11.6. The molecule has 0 radical (unpaired) electrons. The van der Waals surface area contributed by atoms with Crippen LogP contribution in [0.2, 0.25) is 0 Å². The Balaban J connectivity index is 3.89. The van der Waals surface area contributed by atoms with Gasteiger partial charge in [-0.1, -0.05) is 0 Å². The predicted molar refractivity (Wildman–Crippen MR) is 34.6 cm³/mol. The molecule has 0 bridgehead atoms. The standard InChI is InChI=1S/C6H11F3O3/c1-5(2-10,3-11)12-4-6(7,8)9/h10-11H,2-4H2,1H3. The van der Waals surface area contributed by atoms with Crippen molar-refractivity contribution in [1.29, 1.82) is 0 Å². The lowest BCUT2D eigenvalue weighted by molar-refractivity contribution is -0.214. The van der Waals surface area contributed by atoms with Crippen LogP contribution in [0.3, 0.4) is 0 Å². The second kappa shape index (κ2) is 4.06. The highest BCUT2D eigenvalue weighted by Crippen LogP contribution is 2.18. The van der Waals surface area contributed by atoms with E-state index in [9.17, 15) is 13.2 Å². The smallest absolute Gasteiger partial charge is 0.393 e. The van der Waals surface area contributed by atoms with Gasteiger partial charge in [0.15, 0.2) is 0 Å². The topological polar surface area (TPSA) is 49.7 Å². The van der Waals surface area contributed by atoms with Crippen LogP contribution in [0.1, 0.15) is 6.92 Å². The van der Waals surface area contributed by atoms with Crippen molar-refractivity contribution in [3.63, 3.8) is 0 Å². The number of hydrogen-bond acceptors (Lipinski definition) is 3. The molecule has 74 valence electrons. The number of halogens is 3. The van der Waals surface area contributed by atoms with Crippen LogP contribution in [-0.4, -0.2) is 41.8 Å². The normalized spacial score (nSPS) is 13.5. The average Bonchev–Trinajstić information content (AvgIpc) is 1.99. The first-order valence-electron chi connectivity index (χ1n) is 3.25. The summed E-state index contributed by atoms with van der Waals surface area (Å²) in [4.78, 5) is 0. The first-order chi connectivity index (χ1) is 5.33. The maximum atomic E-state index is 11.6. The van der Waals surface area contributed by atoms with Gasteiger partial charge in [0.1, 0.15) is 12.2 Å². The summed E-state index contributed by atoms with van der Waals surface area (Å²) in [5.41, 5.74) is -1.52. The Kier molecular flexibility index (Phi) is 3.95. The molecule has 0 atom stereocenters. The van der Waals surface area contributed by atoms with E-state index in [0.29, 0.717) is 0 Å². The van der Waals surface area contributed by atoms with Gasteiger partial charge < -0.3 is 14.9 Å². The second-order valence-electron chi connectivity index (χ2n) is 2.67. The zero-order valence-corrected chi connectivity index (χ0v) is 6.56. The van der Waals surface area contributed by atoms with Crippen molar-refractivity contribution in [1.82, 2.24) is 0 Å². The molecule has 2 N–H and O–H groups in total. The quantitative estimate of drug-likeness (QED) is 0.667. The Morgan fingerprint density at radius 2 is 1.58 bits per heavy atom. The molecule has 6 heteroatoms. The Morgan fingerprint density at radius 1 is 1.17 bits per heavy atom. The molecule has 0 aliphatic rings. The molecule has 0 aliphatic heterocycles. The highest BCUT2D eigenvalue weighted by Gasteiger charge is 2.33. The SMILES string of the molecule is CC(CO)(CO)OCC(F)(F)F. The molecule has 0 fully saturated rings. The third kappa shape index (κ3) is 4.53. The second-order valence-corrected chi connectivity index (χ2v) is 2.67. The zero-order valence-electron chi connectivity index (χ0n) is 6.56. The van der Waals surface area contributed by atoms with Gasteiger partial charge in [0.05, 0.1) is 13.2 Å². The molecule has 3 nitrogen and oxygen atoms in total. The van der Waals surface area contributed by atoms with Gasteiger partial charge in [-0.15, -0.1) is 0 Å². The fourth-order valence-corrected chi connectivity index (χ4v) is 0.397. The Hall–Kier alpha value is -0.330. The molecule has 0 aromatic rings. The van der Waals surface area contributed by atoms with E-state index in [-0.39, 0.29) is 0 Å².